The molecule has 51 heavy (non-hydrogen) atoms. The summed E-state index contributed by atoms with van der Waals surface area (Å²) in [4.78, 5) is 44.4. The maximum Gasteiger partial charge on any atom is 0.338 e. The van der Waals surface area contributed by atoms with E-state index < -0.39 is 18.0 Å². The number of fused-ring (bicyclic) bond motifs is 1. The molecule has 0 fully saturated rings. The molecule has 12 heteroatoms. The molecule has 11 nitrogen and oxygen atoms in total. The lowest BCUT2D eigenvalue weighted by Gasteiger charge is -2.25. The number of carbonyl (C=O) groups excluding carboxylic acids is 2. The second-order valence-electron chi connectivity index (χ2n) is 12.3. The summed E-state index contributed by atoms with van der Waals surface area (Å²) in [5.74, 6) is 0.646. The third kappa shape index (κ3) is 7.41. The summed E-state index contributed by atoms with van der Waals surface area (Å²) in [6.45, 7) is 7.95. The van der Waals surface area contributed by atoms with Crippen LogP contribution in [0.2, 0.25) is 0 Å². The summed E-state index contributed by atoms with van der Waals surface area (Å²) < 4.78 is 25.6. The van der Waals surface area contributed by atoms with Crippen molar-refractivity contribution in [3.05, 3.63) is 121 Å². The van der Waals surface area contributed by atoms with Crippen LogP contribution >= 0.6 is 11.3 Å². The summed E-state index contributed by atoms with van der Waals surface area (Å²) in [6, 6.07) is 21.5. The van der Waals surface area contributed by atoms with Crippen molar-refractivity contribution in [1.29, 1.82) is 0 Å². The van der Waals surface area contributed by atoms with Crippen LogP contribution in [0.4, 0.5) is 0 Å². The highest BCUT2D eigenvalue weighted by Gasteiger charge is 2.34. The van der Waals surface area contributed by atoms with Crippen molar-refractivity contribution in [2.24, 2.45) is 10.9 Å². The van der Waals surface area contributed by atoms with Gasteiger partial charge in [0.1, 0.15) is 11.4 Å². The molecule has 0 saturated heterocycles. The number of methoxy groups -OCH3 is 2. The molecule has 262 valence electrons. The molecular weight excluding hydrogens is 669 g/mol. The van der Waals surface area contributed by atoms with Crippen molar-refractivity contribution in [2.45, 2.75) is 40.2 Å². The molecule has 5 aromatic rings. The standard InChI is InChI=1S/C39H38N4O7S/c1-23(2)18-19-49-30-15-12-26(13-16-30)35-28(22-42(41-35)29-10-8-7-9-11-29)21-33-37(45)43-36(34(38(46)48-6)24(3)40-39(43)51-33)27-14-17-31(50-25(4)44)32(20-27)47-5/h7-17,20-23,36H,18-19H2,1-6H3/b33-21-/t36-/m0/s1. The number of allylic oxidation sites excluding steroid dienone is 1. The van der Waals surface area contributed by atoms with E-state index in [1.54, 1.807) is 35.9 Å². The summed E-state index contributed by atoms with van der Waals surface area (Å²) in [6.07, 6.45) is 4.65. The van der Waals surface area contributed by atoms with E-state index in [9.17, 15) is 14.4 Å². The van der Waals surface area contributed by atoms with E-state index in [1.807, 2.05) is 60.8 Å². The quantitative estimate of drug-likeness (QED) is 0.128. The lowest BCUT2D eigenvalue weighted by molar-refractivity contribution is -0.136. The Labute approximate surface area is 298 Å². The third-order valence-corrected chi connectivity index (χ3v) is 9.31. The van der Waals surface area contributed by atoms with Gasteiger partial charge in [-0.1, -0.05) is 49.4 Å². The average Bonchev–Trinajstić information content (AvgIpc) is 3.68. The molecule has 0 bridgehead atoms. The molecule has 0 amide bonds. The van der Waals surface area contributed by atoms with Crippen molar-refractivity contribution in [2.75, 3.05) is 20.8 Å². The van der Waals surface area contributed by atoms with Gasteiger partial charge in [0.05, 0.1) is 48.4 Å². The van der Waals surface area contributed by atoms with E-state index >= 15 is 0 Å². The Morgan fingerprint density at radius 3 is 2.41 bits per heavy atom. The average molecular weight is 707 g/mol. The highest BCUT2D eigenvalue weighted by Crippen LogP contribution is 2.36. The van der Waals surface area contributed by atoms with Gasteiger partial charge in [0.2, 0.25) is 0 Å². The van der Waals surface area contributed by atoms with Gasteiger partial charge in [-0.25, -0.2) is 14.5 Å². The first-order valence-corrected chi connectivity index (χ1v) is 17.2. The predicted molar refractivity (Wildman–Crippen MR) is 194 cm³/mol. The number of carbonyl (C=O) groups is 2. The summed E-state index contributed by atoms with van der Waals surface area (Å²) >= 11 is 1.21. The van der Waals surface area contributed by atoms with Crippen LogP contribution in [0.3, 0.4) is 0 Å². The lowest BCUT2D eigenvalue weighted by Crippen LogP contribution is -2.39. The first-order chi connectivity index (χ1) is 24.6. The minimum Gasteiger partial charge on any atom is -0.494 e. The molecule has 2 aromatic heterocycles. The normalized spacial score (nSPS) is 14.3. The van der Waals surface area contributed by atoms with Gasteiger partial charge in [0.15, 0.2) is 16.3 Å². The van der Waals surface area contributed by atoms with Gasteiger partial charge in [-0.15, -0.1) is 0 Å². The van der Waals surface area contributed by atoms with Crippen LogP contribution < -0.4 is 29.1 Å². The van der Waals surface area contributed by atoms with Gasteiger partial charge in [-0.3, -0.25) is 14.2 Å². The molecule has 1 aliphatic rings. The number of ether oxygens (including phenoxy) is 4. The summed E-state index contributed by atoms with van der Waals surface area (Å²) in [5, 5.41) is 4.94. The van der Waals surface area contributed by atoms with Gasteiger partial charge in [-0.2, -0.15) is 5.10 Å². The number of aromatic nitrogens is 3. The van der Waals surface area contributed by atoms with Crippen molar-refractivity contribution in [3.8, 4) is 34.2 Å². The number of benzene rings is 3. The Bertz CT molecular complexity index is 2300. The number of rotatable bonds is 11. The molecule has 1 aliphatic heterocycles. The number of thiazole rings is 1. The van der Waals surface area contributed by atoms with E-state index in [4.69, 9.17) is 24.0 Å². The number of hydrogen-bond donors (Lipinski definition) is 0. The first-order valence-electron chi connectivity index (χ1n) is 16.4. The monoisotopic (exact) mass is 706 g/mol. The smallest absolute Gasteiger partial charge is 0.338 e. The zero-order valence-corrected chi connectivity index (χ0v) is 30.0. The molecular formula is C39H38N4O7S. The van der Waals surface area contributed by atoms with E-state index in [-0.39, 0.29) is 22.6 Å². The van der Waals surface area contributed by atoms with Crippen molar-refractivity contribution >= 4 is 29.4 Å². The molecule has 1 atom stereocenters. The van der Waals surface area contributed by atoms with Crippen LogP contribution in [-0.4, -0.2) is 47.1 Å². The Balaban J connectivity index is 1.49. The van der Waals surface area contributed by atoms with Crippen LogP contribution in [0.1, 0.15) is 51.3 Å². The Kier molecular flexibility index (Phi) is 10.3. The van der Waals surface area contributed by atoms with E-state index in [0.717, 1.165) is 23.4 Å². The topological polar surface area (TPSA) is 123 Å². The van der Waals surface area contributed by atoms with Gasteiger partial charge >= 0.3 is 11.9 Å². The lowest BCUT2D eigenvalue weighted by atomic mass is 9.95. The molecule has 3 heterocycles. The Hall–Kier alpha value is -5.75. The zero-order chi connectivity index (χ0) is 36.2. The molecule has 0 unspecified atom stereocenters. The van der Waals surface area contributed by atoms with E-state index in [0.29, 0.717) is 44.4 Å². The Morgan fingerprint density at radius 1 is 1.00 bits per heavy atom. The summed E-state index contributed by atoms with van der Waals surface area (Å²) in [5.41, 5.74) is 3.89. The van der Waals surface area contributed by atoms with Crippen LogP contribution in [0.15, 0.2) is 100 Å². The third-order valence-electron chi connectivity index (χ3n) is 8.33. The summed E-state index contributed by atoms with van der Waals surface area (Å²) in [7, 11) is 2.73. The predicted octanol–water partition coefficient (Wildman–Crippen LogP) is 5.62. The van der Waals surface area contributed by atoms with E-state index in [2.05, 4.69) is 18.8 Å². The van der Waals surface area contributed by atoms with Gasteiger partial charge in [0.25, 0.3) is 5.56 Å². The van der Waals surface area contributed by atoms with Gasteiger partial charge in [0, 0.05) is 24.2 Å². The van der Waals surface area contributed by atoms with Crippen molar-refractivity contribution in [3.63, 3.8) is 0 Å². The SMILES string of the molecule is COC(=O)C1=C(C)N=c2s/c(=C\c3cn(-c4ccccc4)nc3-c3ccc(OCCC(C)C)cc3)c(=O)n2[C@H]1c1ccc(OC(C)=O)c(OC)c1. The fourth-order valence-electron chi connectivity index (χ4n) is 5.79. The molecule has 6 rings (SSSR count). The fraction of sp³-hybridized carbons (Fsp3) is 0.256. The van der Waals surface area contributed by atoms with E-state index in [1.165, 1.54) is 37.0 Å². The van der Waals surface area contributed by atoms with Crippen LogP contribution in [0.25, 0.3) is 23.0 Å². The number of esters is 2. The first kappa shape index (κ1) is 35.1. The highest BCUT2D eigenvalue weighted by atomic mass is 32.1. The second kappa shape index (κ2) is 15.0. The molecule has 3 aromatic carbocycles. The Morgan fingerprint density at radius 2 is 1.75 bits per heavy atom. The zero-order valence-electron chi connectivity index (χ0n) is 29.2. The largest absolute Gasteiger partial charge is 0.494 e. The minimum atomic E-state index is -0.897. The fourth-order valence-corrected chi connectivity index (χ4v) is 6.83. The molecule has 0 radical (unpaired) electrons. The molecule has 0 saturated carbocycles. The maximum atomic E-state index is 14.4. The van der Waals surface area contributed by atoms with Gasteiger partial charge in [-0.05, 0) is 79.4 Å². The molecule has 0 N–H and O–H groups in total. The van der Waals surface area contributed by atoms with Crippen molar-refractivity contribution < 1.29 is 28.5 Å². The van der Waals surface area contributed by atoms with Crippen LogP contribution in [-0.2, 0) is 14.3 Å². The second-order valence-corrected chi connectivity index (χ2v) is 13.4. The molecule has 0 spiro atoms. The van der Waals surface area contributed by atoms with Crippen molar-refractivity contribution in [1.82, 2.24) is 14.3 Å². The highest BCUT2D eigenvalue weighted by molar-refractivity contribution is 7.07. The molecule has 0 aliphatic carbocycles. The van der Waals surface area contributed by atoms with Crippen LogP contribution in [0, 0.1) is 5.92 Å². The maximum absolute atomic E-state index is 14.4. The van der Waals surface area contributed by atoms with Gasteiger partial charge < -0.3 is 18.9 Å². The number of hydrogen-bond acceptors (Lipinski definition) is 10. The minimum absolute atomic E-state index is 0.201. The van der Waals surface area contributed by atoms with Crippen LogP contribution in [0.5, 0.6) is 17.2 Å². The number of para-hydroxylation sites is 1. The number of nitrogens with zero attached hydrogens (tertiary/aromatic N) is 4.